The van der Waals surface area contributed by atoms with E-state index in [-0.39, 0.29) is 0 Å². The summed E-state index contributed by atoms with van der Waals surface area (Å²) in [6.45, 7) is 7.03. The molecule has 1 fully saturated rings. The van der Waals surface area contributed by atoms with Crippen LogP contribution in [-0.2, 0) is 23.6 Å². The lowest BCUT2D eigenvalue weighted by molar-refractivity contribution is 0.0904. The zero-order valence-corrected chi connectivity index (χ0v) is 14.3. The Morgan fingerprint density at radius 2 is 2.00 bits per heavy atom. The largest absolute Gasteiger partial charge is 0.381 e. The van der Waals surface area contributed by atoms with E-state index in [0.717, 1.165) is 67.3 Å². The van der Waals surface area contributed by atoms with Crippen molar-refractivity contribution in [3.8, 4) is 0 Å². The Hall–Kier alpha value is -1.04. The number of halogens is 1. The van der Waals surface area contributed by atoms with E-state index in [1.165, 1.54) is 0 Å². The SMILES string of the molecule is CCNc1nc(CC)c(CCl)c(NC2CCOCC2)c1CN. The third-order valence-electron chi connectivity index (χ3n) is 4.07. The van der Waals surface area contributed by atoms with Gasteiger partial charge in [0.1, 0.15) is 5.82 Å². The maximum Gasteiger partial charge on any atom is 0.132 e. The van der Waals surface area contributed by atoms with E-state index in [2.05, 4.69) is 24.5 Å². The van der Waals surface area contributed by atoms with Gasteiger partial charge in [-0.15, -0.1) is 11.6 Å². The number of hydrogen-bond donors (Lipinski definition) is 3. The average Bonchev–Trinajstić information content (AvgIpc) is 2.55. The van der Waals surface area contributed by atoms with Gasteiger partial charge >= 0.3 is 0 Å². The number of aryl methyl sites for hydroxylation is 1. The molecule has 1 aliphatic rings. The van der Waals surface area contributed by atoms with E-state index in [9.17, 15) is 0 Å². The van der Waals surface area contributed by atoms with Gasteiger partial charge in [-0.05, 0) is 26.2 Å². The van der Waals surface area contributed by atoms with Crippen LogP contribution in [0.5, 0.6) is 0 Å². The number of hydrogen-bond acceptors (Lipinski definition) is 5. The number of nitrogens with two attached hydrogens (primary N) is 1. The maximum atomic E-state index is 6.23. The summed E-state index contributed by atoms with van der Waals surface area (Å²) in [7, 11) is 0. The molecule has 0 saturated carbocycles. The molecule has 0 radical (unpaired) electrons. The smallest absolute Gasteiger partial charge is 0.132 e. The molecule has 1 aromatic rings. The van der Waals surface area contributed by atoms with Crippen molar-refractivity contribution in [1.29, 1.82) is 0 Å². The van der Waals surface area contributed by atoms with Crippen molar-refractivity contribution in [2.24, 2.45) is 5.73 Å². The standard InChI is InChI=1S/C16H27ClN4O/c1-3-14-12(9-17)15(20-11-5-7-22-8-6-11)13(10-18)16(21-14)19-4-2/h11H,3-10,18H2,1-2H3,(H2,19,20,21). The summed E-state index contributed by atoms with van der Waals surface area (Å²) < 4.78 is 5.44. The monoisotopic (exact) mass is 326 g/mol. The topological polar surface area (TPSA) is 72.2 Å². The molecule has 1 aromatic heterocycles. The van der Waals surface area contributed by atoms with Crippen LogP contribution in [0.15, 0.2) is 0 Å². The number of anilines is 2. The molecule has 6 heteroatoms. The summed E-state index contributed by atoms with van der Waals surface area (Å²) in [5, 5.41) is 7.00. The highest BCUT2D eigenvalue weighted by Crippen LogP contribution is 2.32. The summed E-state index contributed by atoms with van der Waals surface area (Å²) in [5.41, 5.74) is 10.2. The molecule has 124 valence electrons. The lowest BCUT2D eigenvalue weighted by Gasteiger charge is -2.28. The zero-order chi connectivity index (χ0) is 15.9. The van der Waals surface area contributed by atoms with Gasteiger partial charge in [0.2, 0.25) is 0 Å². The van der Waals surface area contributed by atoms with E-state index in [4.69, 9.17) is 27.1 Å². The lowest BCUT2D eigenvalue weighted by atomic mass is 10.0. The van der Waals surface area contributed by atoms with Gasteiger partial charge in [-0.2, -0.15) is 0 Å². The molecule has 0 aliphatic carbocycles. The summed E-state index contributed by atoms with van der Waals surface area (Å²) in [5.74, 6) is 1.33. The molecule has 0 atom stereocenters. The fraction of sp³-hybridized carbons (Fsp3) is 0.688. The number of aromatic nitrogens is 1. The van der Waals surface area contributed by atoms with Crippen molar-refractivity contribution in [1.82, 2.24) is 4.98 Å². The number of pyridine rings is 1. The van der Waals surface area contributed by atoms with Crippen LogP contribution >= 0.6 is 11.6 Å². The molecule has 0 unspecified atom stereocenters. The number of nitrogens with zero attached hydrogens (tertiary/aromatic N) is 1. The third kappa shape index (κ3) is 3.83. The minimum absolute atomic E-state index is 0.405. The highest BCUT2D eigenvalue weighted by molar-refractivity contribution is 6.17. The fourth-order valence-corrected chi connectivity index (χ4v) is 3.17. The first-order valence-corrected chi connectivity index (χ1v) is 8.67. The van der Waals surface area contributed by atoms with Crippen LogP contribution < -0.4 is 16.4 Å². The van der Waals surface area contributed by atoms with Crippen LogP contribution in [0.4, 0.5) is 11.5 Å². The van der Waals surface area contributed by atoms with E-state index >= 15 is 0 Å². The van der Waals surface area contributed by atoms with Crippen molar-refractivity contribution in [2.45, 2.75) is 51.6 Å². The van der Waals surface area contributed by atoms with Gasteiger partial charge in [-0.25, -0.2) is 4.98 Å². The van der Waals surface area contributed by atoms with E-state index in [1.807, 2.05) is 0 Å². The van der Waals surface area contributed by atoms with Crippen LogP contribution in [0.1, 0.15) is 43.5 Å². The van der Waals surface area contributed by atoms with Gasteiger partial charge in [0, 0.05) is 54.9 Å². The lowest BCUT2D eigenvalue weighted by Crippen LogP contribution is -2.29. The van der Waals surface area contributed by atoms with Gasteiger partial charge in [-0.1, -0.05) is 6.92 Å². The Labute approximate surface area is 138 Å². The van der Waals surface area contributed by atoms with Crippen molar-refractivity contribution >= 4 is 23.1 Å². The predicted octanol–water partition coefficient (Wildman–Crippen LogP) is 2.86. The zero-order valence-electron chi connectivity index (χ0n) is 13.5. The van der Waals surface area contributed by atoms with Crippen LogP contribution in [0.2, 0.25) is 0 Å². The van der Waals surface area contributed by atoms with Gasteiger partial charge < -0.3 is 21.1 Å². The Morgan fingerprint density at radius 1 is 1.27 bits per heavy atom. The van der Waals surface area contributed by atoms with Gasteiger partial charge in [0.05, 0.1) is 5.88 Å². The van der Waals surface area contributed by atoms with Crippen molar-refractivity contribution in [3.63, 3.8) is 0 Å². The first-order chi connectivity index (χ1) is 10.7. The number of alkyl halides is 1. The highest BCUT2D eigenvalue weighted by Gasteiger charge is 2.21. The second-order valence-electron chi connectivity index (χ2n) is 5.49. The third-order valence-corrected chi connectivity index (χ3v) is 4.34. The van der Waals surface area contributed by atoms with Gasteiger partial charge in [-0.3, -0.25) is 0 Å². The van der Waals surface area contributed by atoms with E-state index < -0.39 is 0 Å². The average molecular weight is 327 g/mol. The van der Waals surface area contributed by atoms with Crippen LogP contribution in [0.3, 0.4) is 0 Å². The molecule has 22 heavy (non-hydrogen) atoms. The van der Waals surface area contributed by atoms with Crippen molar-refractivity contribution < 1.29 is 4.74 Å². The van der Waals surface area contributed by atoms with Crippen molar-refractivity contribution in [3.05, 3.63) is 16.8 Å². The first-order valence-electron chi connectivity index (χ1n) is 8.13. The molecular formula is C16H27ClN4O. The molecular weight excluding hydrogens is 300 g/mol. The molecule has 0 bridgehead atoms. The quantitative estimate of drug-likeness (QED) is 0.672. The van der Waals surface area contributed by atoms with Crippen molar-refractivity contribution in [2.75, 3.05) is 30.4 Å². The predicted molar refractivity (Wildman–Crippen MR) is 92.7 cm³/mol. The van der Waals surface area contributed by atoms with Gasteiger partial charge in [0.15, 0.2) is 0 Å². The Bertz CT molecular complexity index is 490. The molecule has 2 rings (SSSR count). The second kappa shape index (κ2) is 8.56. The molecule has 5 nitrogen and oxygen atoms in total. The normalized spacial score (nSPS) is 15.8. The summed E-state index contributed by atoms with van der Waals surface area (Å²) in [4.78, 5) is 4.74. The van der Waals surface area contributed by atoms with Gasteiger partial charge in [0.25, 0.3) is 0 Å². The molecule has 1 aliphatic heterocycles. The Balaban J connectivity index is 2.43. The molecule has 4 N–H and O–H groups in total. The molecule has 1 saturated heterocycles. The van der Waals surface area contributed by atoms with Crippen LogP contribution in [-0.4, -0.2) is 30.8 Å². The fourth-order valence-electron chi connectivity index (χ4n) is 2.88. The van der Waals surface area contributed by atoms with Crippen LogP contribution in [0.25, 0.3) is 0 Å². The number of nitrogens with one attached hydrogen (secondary N) is 2. The summed E-state index contributed by atoms with van der Waals surface area (Å²) >= 11 is 6.23. The highest BCUT2D eigenvalue weighted by atomic mass is 35.5. The summed E-state index contributed by atoms with van der Waals surface area (Å²) in [6, 6.07) is 0.405. The Kier molecular flexibility index (Phi) is 6.73. The Morgan fingerprint density at radius 3 is 2.55 bits per heavy atom. The molecule has 0 amide bonds. The molecule has 0 spiro atoms. The van der Waals surface area contributed by atoms with E-state index in [0.29, 0.717) is 18.5 Å². The summed E-state index contributed by atoms with van der Waals surface area (Å²) in [6.07, 6.45) is 2.87. The minimum atomic E-state index is 0.405. The number of rotatable bonds is 7. The van der Waals surface area contributed by atoms with E-state index in [1.54, 1.807) is 0 Å². The first kappa shape index (κ1) is 17.3. The number of ether oxygens (including phenoxy) is 1. The maximum absolute atomic E-state index is 6.23. The van der Waals surface area contributed by atoms with Crippen LogP contribution in [0, 0.1) is 0 Å². The second-order valence-corrected chi connectivity index (χ2v) is 5.76. The minimum Gasteiger partial charge on any atom is -0.381 e. The molecule has 0 aromatic carbocycles. The molecule has 2 heterocycles.